The van der Waals surface area contributed by atoms with Crippen LogP contribution in [0.15, 0.2) is 30.3 Å². The highest BCUT2D eigenvalue weighted by atomic mass is 15.2. The van der Waals surface area contributed by atoms with Crippen LogP contribution in [0.25, 0.3) is 0 Å². The molecule has 2 aromatic rings. The summed E-state index contributed by atoms with van der Waals surface area (Å²) in [6.07, 6.45) is 3.69. The molecule has 0 amide bonds. The van der Waals surface area contributed by atoms with E-state index in [4.69, 9.17) is 4.98 Å². The number of rotatable bonds is 6. The second-order valence-corrected chi connectivity index (χ2v) is 7.67. The number of aryl methyl sites for hydroxylation is 3. The number of benzene rings is 1. The van der Waals surface area contributed by atoms with Crippen molar-refractivity contribution in [2.45, 2.75) is 52.6 Å². The van der Waals surface area contributed by atoms with Gasteiger partial charge in [0.25, 0.3) is 0 Å². The van der Waals surface area contributed by atoms with Gasteiger partial charge in [0, 0.05) is 25.7 Å². The van der Waals surface area contributed by atoms with Crippen molar-refractivity contribution in [1.29, 1.82) is 0 Å². The maximum absolute atomic E-state index is 4.78. The first-order valence-electron chi connectivity index (χ1n) is 9.80. The molecule has 140 valence electrons. The monoisotopic (exact) mass is 352 g/mol. The van der Waals surface area contributed by atoms with Gasteiger partial charge in [-0.25, -0.2) is 0 Å². The molecule has 1 atom stereocenters. The SMILES string of the molecule is Cc1nc(C)c(CN(C)[C@@H]2CCCN(CCc3ccccc3)C2)nc1C. The summed E-state index contributed by atoms with van der Waals surface area (Å²) in [5.74, 6) is 0. The van der Waals surface area contributed by atoms with Crippen molar-refractivity contribution in [2.75, 3.05) is 26.7 Å². The minimum Gasteiger partial charge on any atom is -0.301 e. The fourth-order valence-corrected chi connectivity index (χ4v) is 3.80. The van der Waals surface area contributed by atoms with Crippen molar-refractivity contribution >= 4 is 0 Å². The van der Waals surface area contributed by atoms with E-state index in [2.05, 4.69) is 66.0 Å². The standard InChI is InChI=1S/C22H32N4/c1-17-18(2)24-22(19(3)23-17)16-25(4)21-11-8-13-26(15-21)14-12-20-9-6-5-7-10-20/h5-7,9-10,21H,8,11-16H2,1-4H3/t21-/m1/s1. The number of hydrogen-bond donors (Lipinski definition) is 0. The van der Waals surface area contributed by atoms with Gasteiger partial charge in [0.1, 0.15) is 0 Å². The molecular weight excluding hydrogens is 320 g/mol. The summed E-state index contributed by atoms with van der Waals surface area (Å²) in [7, 11) is 2.24. The van der Waals surface area contributed by atoms with Gasteiger partial charge in [-0.1, -0.05) is 30.3 Å². The normalized spacial score (nSPS) is 18.4. The van der Waals surface area contributed by atoms with E-state index in [1.807, 2.05) is 6.92 Å². The molecule has 3 rings (SSSR count). The second-order valence-electron chi connectivity index (χ2n) is 7.67. The summed E-state index contributed by atoms with van der Waals surface area (Å²) in [6, 6.07) is 11.4. The molecule has 1 aliphatic rings. The minimum atomic E-state index is 0.599. The molecule has 0 spiro atoms. The van der Waals surface area contributed by atoms with E-state index in [1.165, 1.54) is 24.9 Å². The van der Waals surface area contributed by atoms with E-state index < -0.39 is 0 Å². The summed E-state index contributed by atoms with van der Waals surface area (Å²) < 4.78 is 0. The predicted octanol–water partition coefficient (Wildman–Crippen LogP) is 3.54. The first-order valence-corrected chi connectivity index (χ1v) is 9.80. The van der Waals surface area contributed by atoms with Gasteiger partial charge in [-0.2, -0.15) is 0 Å². The molecule has 0 radical (unpaired) electrons. The van der Waals surface area contributed by atoms with Crippen LogP contribution in [0, 0.1) is 20.8 Å². The van der Waals surface area contributed by atoms with Crippen LogP contribution in [0.5, 0.6) is 0 Å². The van der Waals surface area contributed by atoms with Gasteiger partial charge in [-0.3, -0.25) is 14.9 Å². The zero-order chi connectivity index (χ0) is 18.5. The van der Waals surface area contributed by atoms with E-state index in [1.54, 1.807) is 0 Å². The van der Waals surface area contributed by atoms with Gasteiger partial charge in [-0.15, -0.1) is 0 Å². The smallest absolute Gasteiger partial charge is 0.0759 e. The first-order chi connectivity index (χ1) is 12.5. The second kappa shape index (κ2) is 8.74. The Hall–Kier alpha value is -1.78. The number of likely N-dealkylation sites (N-methyl/N-ethyl adjacent to an activating group) is 1. The maximum Gasteiger partial charge on any atom is 0.0759 e. The Labute approximate surface area is 158 Å². The third-order valence-electron chi connectivity index (χ3n) is 5.64. The highest BCUT2D eigenvalue weighted by Crippen LogP contribution is 2.18. The van der Waals surface area contributed by atoms with Crippen LogP contribution in [0.3, 0.4) is 0 Å². The summed E-state index contributed by atoms with van der Waals surface area (Å²) in [5, 5.41) is 0. The van der Waals surface area contributed by atoms with E-state index in [0.717, 1.165) is 48.8 Å². The largest absolute Gasteiger partial charge is 0.301 e. The van der Waals surface area contributed by atoms with Crippen molar-refractivity contribution < 1.29 is 0 Å². The number of hydrogen-bond acceptors (Lipinski definition) is 4. The van der Waals surface area contributed by atoms with E-state index in [-0.39, 0.29) is 0 Å². The molecule has 1 aromatic carbocycles. The summed E-state index contributed by atoms with van der Waals surface area (Å²) >= 11 is 0. The molecule has 1 fully saturated rings. The van der Waals surface area contributed by atoms with E-state index >= 15 is 0 Å². The molecule has 0 aliphatic carbocycles. The lowest BCUT2D eigenvalue weighted by atomic mass is 10.0. The van der Waals surface area contributed by atoms with Crippen LogP contribution in [0.1, 0.15) is 41.2 Å². The van der Waals surface area contributed by atoms with Crippen molar-refractivity contribution in [1.82, 2.24) is 19.8 Å². The van der Waals surface area contributed by atoms with Crippen LogP contribution >= 0.6 is 0 Å². The third kappa shape index (κ3) is 4.89. The first kappa shape index (κ1) is 19.0. The molecule has 1 aromatic heterocycles. The Morgan fingerprint density at radius 2 is 1.77 bits per heavy atom. The van der Waals surface area contributed by atoms with Gasteiger partial charge in [0.05, 0.1) is 22.8 Å². The molecule has 0 saturated carbocycles. The zero-order valence-corrected chi connectivity index (χ0v) is 16.7. The third-order valence-corrected chi connectivity index (χ3v) is 5.64. The topological polar surface area (TPSA) is 32.3 Å². The van der Waals surface area contributed by atoms with Crippen LogP contribution in [0.2, 0.25) is 0 Å². The average Bonchev–Trinajstić information content (AvgIpc) is 2.65. The fourth-order valence-electron chi connectivity index (χ4n) is 3.80. The molecule has 0 N–H and O–H groups in total. The predicted molar refractivity (Wildman–Crippen MR) is 107 cm³/mol. The molecule has 0 bridgehead atoms. The number of aromatic nitrogens is 2. The van der Waals surface area contributed by atoms with Crippen LogP contribution < -0.4 is 0 Å². The Morgan fingerprint density at radius 3 is 2.54 bits per heavy atom. The zero-order valence-electron chi connectivity index (χ0n) is 16.7. The Morgan fingerprint density at radius 1 is 1.04 bits per heavy atom. The van der Waals surface area contributed by atoms with Gasteiger partial charge in [-0.05, 0) is 59.2 Å². The number of piperidine rings is 1. The Bertz CT molecular complexity index is 714. The van der Waals surface area contributed by atoms with Crippen molar-refractivity contribution in [3.05, 3.63) is 58.7 Å². The molecular formula is C22H32N4. The van der Waals surface area contributed by atoms with Crippen molar-refractivity contribution in [3.8, 4) is 0 Å². The summed E-state index contributed by atoms with van der Waals surface area (Å²) in [5.41, 5.74) is 5.71. The van der Waals surface area contributed by atoms with Crippen molar-refractivity contribution in [2.24, 2.45) is 0 Å². The van der Waals surface area contributed by atoms with Gasteiger partial charge in [0.2, 0.25) is 0 Å². The van der Waals surface area contributed by atoms with E-state index in [9.17, 15) is 0 Å². The molecule has 2 heterocycles. The van der Waals surface area contributed by atoms with E-state index in [0.29, 0.717) is 6.04 Å². The lowest BCUT2D eigenvalue weighted by Gasteiger charge is -2.37. The Balaban J connectivity index is 1.56. The molecule has 0 unspecified atom stereocenters. The molecule has 4 nitrogen and oxygen atoms in total. The molecule has 4 heteroatoms. The Kier molecular flexibility index (Phi) is 6.38. The van der Waals surface area contributed by atoms with Gasteiger partial charge in [0.15, 0.2) is 0 Å². The average molecular weight is 353 g/mol. The highest BCUT2D eigenvalue weighted by molar-refractivity contribution is 5.18. The maximum atomic E-state index is 4.78. The number of nitrogens with zero attached hydrogens (tertiary/aromatic N) is 4. The van der Waals surface area contributed by atoms with Gasteiger partial charge < -0.3 is 4.90 Å². The van der Waals surface area contributed by atoms with Crippen LogP contribution in [-0.4, -0.2) is 52.5 Å². The highest BCUT2D eigenvalue weighted by Gasteiger charge is 2.24. The minimum absolute atomic E-state index is 0.599. The molecule has 1 saturated heterocycles. The lowest BCUT2D eigenvalue weighted by molar-refractivity contribution is 0.111. The van der Waals surface area contributed by atoms with Crippen LogP contribution in [0.4, 0.5) is 0 Å². The van der Waals surface area contributed by atoms with Crippen molar-refractivity contribution in [3.63, 3.8) is 0 Å². The quantitative estimate of drug-likeness (QED) is 0.796. The fraction of sp³-hybridized carbons (Fsp3) is 0.545. The van der Waals surface area contributed by atoms with Gasteiger partial charge >= 0.3 is 0 Å². The molecule has 26 heavy (non-hydrogen) atoms. The molecule has 1 aliphatic heterocycles. The van der Waals surface area contributed by atoms with Crippen LogP contribution in [-0.2, 0) is 13.0 Å². The summed E-state index contributed by atoms with van der Waals surface area (Å²) in [6.45, 7) is 10.6. The lowest BCUT2D eigenvalue weighted by Crippen LogP contribution is -2.46. The number of likely N-dealkylation sites (tertiary alicyclic amines) is 1. The summed E-state index contributed by atoms with van der Waals surface area (Å²) in [4.78, 5) is 14.5.